The van der Waals surface area contributed by atoms with Crippen LogP contribution < -0.4 is 10.6 Å². The van der Waals surface area contributed by atoms with Crippen LogP contribution in [0.1, 0.15) is 63.4 Å². The number of hydrogen-bond acceptors (Lipinski definition) is 2. The number of unbranched alkanes of at least 4 members (excludes halogenated alkanes) is 1. The molecule has 2 N–H and O–H groups in total. The van der Waals surface area contributed by atoms with Gasteiger partial charge in [-0.2, -0.15) is 0 Å². The summed E-state index contributed by atoms with van der Waals surface area (Å²) >= 11 is 0. The number of aliphatic imine (C=N–C) groups is 1. The van der Waals surface area contributed by atoms with Gasteiger partial charge in [0.1, 0.15) is 0 Å². The van der Waals surface area contributed by atoms with Gasteiger partial charge in [0.25, 0.3) is 5.91 Å². The average Bonchev–Trinajstić information content (AvgIpc) is 2.55. The largest absolute Gasteiger partial charge is 0.357 e. The first-order valence-electron chi connectivity index (χ1n) is 9.17. The fourth-order valence-electron chi connectivity index (χ4n) is 2.36. The summed E-state index contributed by atoms with van der Waals surface area (Å²) in [5.74, 6) is 0.853. The second-order valence-corrected chi connectivity index (χ2v) is 7.35. The number of guanidine groups is 1. The van der Waals surface area contributed by atoms with Gasteiger partial charge in [-0.15, -0.1) is 0 Å². The molecule has 1 amide bonds. The quantitative estimate of drug-likeness (QED) is 0.587. The minimum atomic E-state index is -0.245. The van der Waals surface area contributed by atoms with Crippen LogP contribution in [0, 0.1) is 0 Å². The molecule has 0 saturated heterocycles. The van der Waals surface area contributed by atoms with Gasteiger partial charge >= 0.3 is 0 Å². The van der Waals surface area contributed by atoms with Crippen molar-refractivity contribution in [3.63, 3.8) is 0 Å². The third-order valence-corrected chi connectivity index (χ3v) is 3.63. The second-order valence-electron chi connectivity index (χ2n) is 7.35. The Labute approximate surface area is 152 Å². The fraction of sp³-hybridized carbons (Fsp3) is 0.600. The summed E-state index contributed by atoms with van der Waals surface area (Å²) in [6.45, 7) is 12.6. The molecule has 25 heavy (non-hydrogen) atoms. The predicted octanol–water partition coefficient (Wildman–Crippen LogP) is 3.41. The zero-order valence-corrected chi connectivity index (χ0v) is 16.6. The number of rotatable bonds is 7. The fourth-order valence-corrected chi connectivity index (χ4v) is 2.36. The third-order valence-electron chi connectivity index (χ3n) is 3.63. The Balaban J connectivity index is 2.83. The molecule has 0 heterocycles. The van der Waals surface area contributed by atoms with E-state index in [4.69, 9.17) is 4.99 Å². The lowest BCUT2D eigenvalue weighted by Gasteiger charge is -2.22. The van der Waals surface area contributed by atoms with Crippen molar-refractivity contribution < 1.29 is 4.79 Å². The smallest absolute Gasteiger partial charge is 0.251 e. The maximum absolute atomic E-state index is 12.3. The van der Waals surface area contributed by atoms with Crippen molar-refractivity contribution in [3.8, 4) is 0 Å². The minimum absolute atomic E-state index is 0.0506. The Morgan fingerprint density at radius 3 is 2.56 bits per heavy atom. The first-order chi connectivity index (χ1) is 11.8. The van der Waals surface area contributed by atoms with E-state index >= 15 is 0 Å². The number of carbonyl (C=O) groups is 1. The molecule has 0 aliphatic heterocycles. The van der Waals surface area contributed by atoms with Gasteiger partial charge in [-0.05, 0) is 51.8 Å². The van der Waals surface area contributed by atoms with Crippen LogP contribution in [-0.4, -0.2) is 42.4 Å². The van der Waals surface area contributed by atoms with E-state index in [9.17, 15) is 4.79 Å². The molecule has 0 aliphatic rings. The van der Waals surface area contributed by atoms with Crippen LogP contribution in [0.3, 0.4) is 0 Å². The van der Waals surface area contributed by atoms with Crippen LogP contribution >= 0.6 is 0 Å². The summed E-state index contributed by atoms with van der Waals surface area (Å²) < 4.78 is 0. The molecular weight excluding hydrogens is 312 g/mol. The van der Waals surface area contributed by atoms with Crippen LogP contribution in [-0.2, 0) is 6.54 Å². The molecule has 0 fully saturated rings. The van der Waals surface area contributed by atoms with Crippen LogP contribution in [0.5, 0.6) is 0 Å². The third kappa shape index (κ3) is 8.05. The van der Waals surface area contributed by atoms with Crippen LogP contribution in [0.4, 0.5) is 0 Å². The summed E-state index contributed by atoms with van der Waals surface area (Å²) in [6.07, 6.45) is 2.30. The van der Waals surface area contributed by atoms with E-state index in [-0.39, 0.29) is 11.4 Å². The summed E-state index contributed by atoms with van der Waals surface area (Å²) in [6, 6.07) is 7.68. The number of benzene rings is 1. The van der Waals surface area contributed by atoms with Gasteiger partial charge in [0.15, 0.2) is 5.96 Å². The standard InChI is InChI=1S/C20H34N4O/c1-7-9-13-24(6)19(21-8-2)22-15-16-11-10-12-17(14-16)18(25)23-20(3,4)5/h10-12,14H,7-9,13,15H2,1-6H3,(H,21,22)(H,23,25). The second kappa shape index (κ2) is 10.1. The highest BCUT2D eigenvalue weighted by molar-refractivity contribution is 5.94. The first-order valence-corrected chi connectivity index (χ1v) is 9.17. The molecule has 1 aromatic rings. The molecule has 1 aromatic carbocycles. The molecule has 0 atom stereocenters. The van der Waals surface area contributed by atoms with E-state index in [1.165, 1.54) is 0 Å². The average molecular weight is 347 g/mol. The van der Waals surface area contributed by atoms with E-state index in [1.54, 1.807) is 0 Å². The van der Waals surface area contributed by atoms with Gasteiger partial charge in [-0.1, -0.05) is 25.5 Å². The highest BCUT2D eigenvalue weighted by Gasteiger charge is 2.15. The zero-order chi connectivity index (χ0) is 18.9. The highest BCUT2D eigenvalue weighted by Crippen LogP contribution is 2.09. The number of nitrogens with one attached hydrogen (secondary N) is 2. The molecule has 5 heteroatoms. The lowest BCUT2D eigenvalue weighted by molar-refractivity contribution is 0.0919. The van der Waals surface area contributed by atoms with Gasteiger partial charge in [0.2, 0.25) is 0 Å². The van der Waals surface area contributed by atoms with E-state index in [0.717, 1.165) is 37.5 Å². The molecule has 5 nitrogen and oxygen atoms in total. The van der Waals surface area contributed by atoms with Crippen molar-refractivity contribution >= 4 is 11.9 Å². The molecule has 0 radical (unpaired) electrons. The van der Waals surface area contributed by atoms with Crippen molar-refractivity contribution in [2.24, 2.45) is 4.99 Å². The Bertz CT molecular complexity index is 575. The molecular formula is C20H34N4O. The number of amides is 1. The summed E-state index contributed by atoms with van der Waals surface area (Å²) in [5.41, 5.74) is 1.46. The monoisotopic (exact) mass is 346 g/mol. The van der Waals surface area contributed by atoms with Gasteiger partial charge in [0.05, 0.1) is 6.54 Å². The number of carbonyl (C=O) groups excluding carboxylic acids is 1. The van der Waals surface area contributed by atoms with E-state index in [1.807, 2.05) is 45.0 Å². The van der Waals surface area contributed by atoms with E-state index < -0.39 is 0 Å². The lowest BCUT2D eigenvalue weighted by atomic mass is 10.1. The number of hydrogen-bond donors (Lipinski definition) is 2. The molecule has 1 rings (SSSR count). The highest BCUT2D eigenvalue weighted by atomic mass is 16.1. The predicted molar refractivity (Wildman–Crippen MR) is 106 cm³/mol. The maximum Gasteiger partial charge on any atom is 0.251 e. The lowest BCUT2D eigenvalue weighted by Crippen LogP contribution is -2.40. The minimum Gasteiger partial charge on any atom is -0.357 e. The summed E-state index contributed by atoms with van der Waals surface area (Å²) in [5, 5.41) is 6.32. The summed E-state index contributed by atoms with van der Waals surface area (Å²) in [4.78, 5) is 19.2. The molecule has 0 unspecified atom stereocenters. The molecule has 0 saturated carbocycles. The number of nitrogens with zero attached hydrogens (tertiary/aromatic N) is 2. The van der Waals surface area contributed by atoms with E-state index in [2.05, 4.69) is 36.4 Å². The normalized spacial score (nSPS) is 12.0. The molecule has 140 valence electrons. The van der Waals surface area contributed by atoms with Crippen molar-refractivity contribution in [2.75, 3.05) is 20.1 Å². The van der Waals surface area contributed by atoms with Gasteiger partial charge in [-0.25, -0.2) is 4.99 Å². The Morgan fingerprint density at radius 1 is 1.24 bits per heavy atom. The van der Waals surface area contributed by atoms with Gasteiger partial charge in [-0.3, -0.25) is 4.79 Å². The molecule has 0 spiro atoms. The Morgan fingerprint density at radius 2 is 1.96 bits per heavy atom. The zero-order valence-electron chi connectivity index (χ0n) is 16.6. The van der Waals surface area contributed by atoms with Crippen LogP contribution in [0.2, 0.25) is 0 Å². The summed E-state index contributed by atoms with van der Waals surface area (Å²) in [7, 11) is 2.06. The van der Waals surface area contributed by atoms with E-state index in [0.29, 0.717) is 12.1 Å². The van der Waals surface area contributed by atoms with Crippen LogP contribution in [0.25, 0.3) is 0 Å². The van der Waals surface area contributed by atoms with Crippen molar-refractivity contribution in [1.82, 2.24) is 15.5 Å². The first kappa shape index (κ1) is 21.0. The molecule has 0 aliphatic carbocycles. The molecule has 0 bridgehead atoms. The Hall–Kier alpha value is -2.04. The molecule has 0 aromatic heterocycles. The van der Waals surface area contributed by atoms with Crippen molar-refractivity contribution in [2.45, 2.75) is 59.5 Å². The van der Waals surface area contributed by atoms with Crippen molar-refractivity contribution in [1.29, 1.82) is 0 Å². The maximum atomic E-state index is 12.3. The van der Waals surface area contributed by atoms with Gasteiger partial charge in [0, 0.05) is 31.2 Å². The Kier molecular flexibility index (Phi) is 8.46. The van der Waals surface area contributed by atoms with Crippen LogP contribution in [0.15, 0.2) is 29.3 Å². The van der Waals surface area contributed by atoms with Crippen molar-refractivity contribution in [3.05, 3.63) is 35.4 Å². The van der Waals surface area contributed by atoms with Gasteiger partial charge < -0.3 is 15.5 Å². The SMILES string of the molecule is CCCCN(C)C(=NCc1cccc(C(=O)NC(C)(C)C)c1)NCC. The topological polar surface area (TPSA) is 56.7 Å².